The second-order valence-electron chi connectivity index (χ2n) is 3.19. The van der Waals surface area contributed by atoms with Crippen LogP contribution in [-0.4, -0.2) is 17.7 Å². The summed E-state index contributed by atoms with van der Waals surface area (Å²) in [5.41, 5.74) is 4.13. The van der Waals surface area contributed by atoms with Gasteiger partial charge >= 0.3 is 0 Å². The molecular formula is C12H16N2. The SMILES string of the molecule is C/C=C(\C)c1cccc(/C(C)=N/C)n1. The molecule has 2 nitrogen and oxygen atoms in total. The predicted octanol–water partition coefficient (Wildman–Crippen LogP) is 2.94. The van der Waals surface area contributed by atoms with Crippen molar-refractivity contribution in [1.29, 1.82) is 0 Å². The van der Waals surface area contributed by atoms with Crippen molar-refractivity contribution >= 4 is 11.3 Å². The van der Waals surface area contributed by atoms with Crippen LogP contribution in [0.1, 0.15) is 32.2 Å². The number of hydrogen-bond acceptors (Lipinski definition) is 2. The summed E-state index contributed by atoms with van der Waals surface area (Å²) in [6, 6.07) is 6.01. The number of aromatic nitrogens is 1. The lowest BCUT2D eigenvalue weighted by molar-refractivity contribution is 1.22. The Balaban J connectivity index is 3.14. The van der Waals surface area contributed by atoms with Gasteiger partial charge in [0.05, 0.1) is 17.1 Å². The number of aliphatic imine (C=N–C) groups is 1. The third kappa shape index (κ3) is 2.28. The molecule has 0 unspecified atom stereocenters. The molecule has 1 aromatic heterocycles. The standard InChI is InChI=1S/C12H16N2/c1-5-9(2)11-7-6-8-12(14-11)10(3)13-4/h5-8H,1-4H3/b9-5+,13-10+. The molecule has 74 valence electrons. The molecule has 0 radical (unpaired) electrons. The van der Waals surface area contributed by atoms with Crippen LogP contribution < -0.4 is 0 Å². The molecular weight excluding hydrogens is 172 g/mol. The van der Waals surface area contributed by atoms with E-state index in [4.69, 9.17) is 0 Å². The Labute approximate surface area is 85.4 Å². The first-order valence-electron chi connectivity index (χ1n) is 4.73. The average Bonchev–Trinajstić information content (AvgIpc) is 2.27. The maximum atomic E-state index is 4.52. The minimum absolute atomic E-state index is 0.950. The van der Waals surface area contributed by atoms with Crippen molar-refractivity contribution in [1.82, 2.24) is 4.98 Å². The normalized spacial score (nSPS) is 13.1. The van der Waals surface area contributed by atoms with Crippen LogP contribution in [0.4, 0.5) is 0 Å². The van der Waals surface area contributed by atoms with Crippen LogP contribution in [0.15, 0.2) is 29.3 Å². The molecule has 0 saturated heterocycles. The number of pyridine rings is 1. The lowest BCUT2D eigenvalue weighted by Crippen LogP contribution is -2.00. The smallest absolute Gasteiger partial charge is 0.0844 e. The highest BCUT2D eigenvalue weighted by molar-refractivity contribution is 5.97. The topological polar surface area (TPSA) is 25.2 Å². The summed E-state index contributed by atoms with van der Waals surface area (Å²) >= 11 is 0. The van der Waals surface area contributed by atoms with Gasteiger partial charge in [-0.1, -0.05) is 12.1 Å². The molecule has 0 aromatic carbocycles. The van der Waals surface area contributed by atoms with Gasteiger partial charge in [-0.15, -0.1) is 0 Å². The van der Waals surface area contributed by atoms with E-state index in [2.05, 4.69) is 23.0 Å². The summed E-state index contributed by atoms with van der Waals surface area (Å²) in [5.74, 6) is 0. The molecule has 0 spiro atoms. The van der Waals surface area contributed by atoms with Crippen LogP contribution >= 0.6 is 0 Å². The fourth-order valence-electron chi connectivity index (χ4n) is 1.12. The summed E-state index contributed by atoms with van der Waals surface area (Å²) in [6.07, 6.45) is 2.06. The first-order chi connectivity index (χ1) is 6.69. The second kappa shape index (κ2) is 4.70. The van der Waals surface area contributed by atoms with Gasteiger partial charge < -0.3 is 0 Å². The van der Waals surface area contributed by atoms with Crippen LogP contribution in [-0.2, 0) is 0 Å². The fourth-order valence-corrected chi connectivity index (χ4v) is 1.12. The molecule has 1 rings (SSSR count). The quantitative estimate of drug-likeness (QED) is 0.655. The van der Waals surface area contributed by atoms with Gasteiger partial charge in [-0.25, -0.2) is 4.98 Å². The van der Waals surface area contributed by atoms with E-state index in [-0.39, 0.29) is 0 Å². The van der Waals surface area contributed by atoms with Gasteiger partial charge in [0.1, 0.15) is 0 Å². The van der Waals surface area contributed by atoms with Crippen LogP contribution in [0.3, 0.4) is 0 Å². The minimum Gasteiger partial charge on any atom is -0.291 e. The van der Waals surface area contributed by atoms with Gasteiger partial charge in [0.2, 0.25) is 0 Å². The molecule has 0 atom stereocenters. The highest BCUT2D eigenvalue weighted by Gasteiger charge is 2.00. The molecule has 0 aliphatic carbocycles. The molecule has 1 heterocycles. The predicted molar refractivity (Wildman–Crippen MR) is 61.7 cm³/mol. The van der Waals surface area contributed by atoms with E-state index < -0.39 is 0 Å². The van der Waals surface area contributed by atoms with Crippen molar-refractivity contribution < 1.29 is 0 Å². The van der Waals surface area contributed by atoms with Gasteiger partial charge in [0.15, 0.2) is 0 Å². The second-order valence-corrected chi connectivity index (χ2v) is 3.19. The number of allylic oxidation sites excluding steroid dienone is 2. The molecule has 1 aromatic rings. The molecule has 0 aliphatic heterocycles. The fraction of sp³-hybridized carbons (Fsp3) is 0.333. The molecule has 0 aliphatic rings. The molecule has 0 fully saturated rings. The molecule has 0 N–H and O–H groups in total. The van der Waals surface area contributed by atoms with Gasteiger partial charge in [0.25, 0.3) is 0 Å². The minimum atomic E-state index is 0.950. The van der Waals surface area contributed by atoms with Crippen LogP contribution in [0.5, 0.6) is 0 Å². The van der Waals surface area contributed by atoms with Gasteiger partial charge in [-0.3, -0.25) is 4.99 Å². The van der Waals surface area contributed by atoms with Crippen molar-refractivity contribution in [2.45, 2.75) is 20.8 Å². The van der Waals surface area contributed by atoms with Crippen LogP contribution in [0.25, 0.3) is 5.57 Å². The molecule has 2 heteroatoms. The lowest BCUT2D eigenvalue weighted by atomic mass is 10.1. The molecule has 0 bridgehead atoms. The van der Waals surface area contributed by atoms with E-state index in [0.29, 0.717) is 0 Å². The zero-order chi connectivity index (χ0) is 10.6. The number of hydrogen-bond donors (Lipinski definition) is 0. The summed E-state index contributed by atoms with van der Waals surface area (Å²) in [6.45, 7) is 6.05. The van der Waals surface area contributed by atoms with Crippen molar-refractivity contribution in [2.75, 3.05) is 7.05 Å². The molecule has 0 saturated carbocycles. The zero-order valence-corrected chi connectivity index (χ0v) is 9.20. The van der Waals surface area contributed by atoms with Crippen molar-refractivity contribution in [3.63, 3.8) is 0 Å². The Hall–Kier alpha value is -1.44. The zero-order valence-electron chi connectivity index (χ0n) is 9.20. The third-order valence-electron chi connectivity index (χ3n) is 2.29. The van der Waals surface area contributed by atoms with Crippen LogP contribution in [0, 0.1) is 0 Å². The van der Waals surface area contributed by atoms with Gasteiger partial charge in [-0.2, -0.15) is 0 Å². The summed E-state index contributed by atoms with van der Waals surface area (Å²) in [4.78, 5) is 8.63. The summed E-state index contributed by atoms with van der Waals surface area (Å²) < 4.78 is 0. The summed E-state index contributed by atoms with van der Waals surface area (Å²) in [5, 5.41) is 0. The monoisotopic (exact) mass is 188 g/mol. The Morgan fingerprint density at radius 3 is 2.50 bits per heavy atom. The highest BCUT2D eigenvalue weighted by Crippen LogP contribution is 2.11. The molecule has 0 amide bonds. The van der Waals surface area contributed by atoms with E-state index in [0.717, 1.165) is 17.1 Å². The van der Waals surface area contributed by atoms with Gasteiger partial charge in [0, 0.05) is 7.05 Å². The van der Waals surface area contributed by atoms with Gasteiger partial charge in [-0.05, 0) is 38.5 Å². The van der Waals surface area contributed by atoms with Crippen LogP contribution in [0.2, 0.25) is 0 Å². The average molecular weight is 188 g/mol. The number of rotatable bonds is 2. The van der Waals surface area contributed by atoms with E-state index >= 15 is 0 Å². The van der Waals surface area contributed by atoms with E-state index in [9.17, 15) is 0 Å². The summed E-state index contributed by atoms with van der Waals surface area (Å²) in [7, 11) is 1.78. The number of nitrogens with zero attached hydrogens (tertiary/aromatic N) is 2. The Morgan fingerprint density at radius 1 is 1.29 bits per heavy atom. The van der Waals surface area contributed by atoms with E-state index in [1.165, 1.54) is 5.57 Å². The van der Waals surface area contributed by atoms with E-state index in [1.807, 2.05) is 32.0 Å². The third-order valence-corrected chi connectivity index (χ3v) is 2.29. The Bertz CT molecular complexity index is 342. The highest BCUT2D eigenvalue weighted by atomic mass is 14.8. The maximum absolute atomic E-state index is 4.52. The Kier molecular flexibility index (Phi) is 3.57. The van der Waals surface area contributed by atoms with Crippen molar-refractivity contribution in [3.8, 4) is 0 Å². The molecule has 14 heavy (non-hydrogen) atoms. The van der Waals surface area contributed by atoms with E-state index in [1.54, 1.807) is 7.05 Å². The van der Waals surface area contributed by atoms with Crippen molar-refractivity contribution in [2.24, 2.45) is 4.99 Å². The Morgan fingerprint density at radius 2 is 1.93 bits per heavy atom. The van der Waals surface area contributed by atoms with Crippen molar-refractivity contribution in [3.05, 3.63) is 35.7 Å². The largest absolute Gasteiger partial charge is 0.291 e. The first kappa shape index (κ1) is 10.6. The lowest BCUT2D eigenvalue weighted by Gasteiger charge is -2.03. The maximum Gasteiger partial charge on any atom is 0.0844 e. The first-order valence-corrected chi connectivity index (χ1v) is 4.73.